The molecule has 8 nitrogen and oxygen atoms in total. The van der Waals surface area contributed by atoms with Gasteiger partial charge in [0.05, 0.1) is 6.20 Å². The van der Waals surface area contributed by atoms with Crippen molar-refractivity contribution >= 4 is 0 Å². The maximum absolute atomic E-state index is 11.3. The predicted octanol–water partition coefficient (Wildman–Crippen LogP) is 0.323. The number of aromatic nitrogens is 6. The zero-order valence-corrected chi connectivity index (χ0v) is 9.53. The second-order valence-corrected chi connectivity index (χ2v) is 3.76. The smallest absolute Gasteiger partial charge is 0.293 e. The van der Waals surface area contributed by atoms with Gasteiger partial charge in [-0.05, 0) is 11.3 Å². The minimum Gasteiger partial charge on any atom is -0.502 e. The van der Waals surface area contributed by atoms with Crippen LogP contribution >= 0.6 is 0 Å². The Bertz CT molecular complexity index is 765. The monoisotopic (exact) mass is 256 g/mol. The van der Waals surface area contributed by atoms with Crippen molar-refractivity contribution in [2.45, 2.75) is 0 Å². The highest BCUT2D eigenvalue weighted by atomic mass is 16.3. The summed E-state index contributed by atoms with van der Waals surface area (Å²) in [5.41, 5.74) is 0.830. The molecule has 1 aromatic carbocycles. The molecule has 2 aromatic heterocycles. The van der Waals surface area contributed by atoms with Gasteiger partial charge < -0.3 is 10.1 Å². The number of rotatable bonds is 2. The molecule has 0 radical (unpaired) electrons. The molecule has 0 saturated heterocycles. The number of tetrazole rings is 1. The van der Waals surface area contributed by atoms with Crippen molar-refractivity contribution in [1.29, 1.82) is 0 Å². The number of aromatic amines is 2. The van der Waals surface area contributed by atoms with E-state index in [2.05, 4.69) is 30.6 Å². The quantitative estimate of drug-likeness (QED) is 0.607. The third-order valence-corrected chi connectivity index (χ3v) is 2.52. The number of hydrogen-bond acceptors (Lipinski definition) is 6. The van der Waals surface area contributed by atoms with Crippen molar-refractivity contribution in [3.05, 3.63) is 40.8 Å². The molecule has 3 aromatic rings. The topological polar surface area (TPSA) is 120 Å². The number of aromatic hydroxyl groups is 1. The average Bonchev–Trinajstić information content (AvgIpc) is 2.96. The predicted molar refractivity (Wildman–Crippen MR) is 65.1 cm³/mol. The zero-order chi connectivity index (χ0) is 13.2. The van der Waals surface area contributed by atoms with E-state index in [1.165, 1.54) is 0 Å². The van der Waals surface area contributed by atoms with Gasteiger partial charge in [0.25, 0.3) is 5.56 Å². The summed E-state index contributed by atoms with van der Waals surface area (Å²) in [6.07, 6.45) is 1.11. The molecular weight excluding hydrogens is 248 g/mol. The van der Waals surface area contributed by atoms with Gasteiger partial charge in [0.1, 0.15) is 5.82 Å². The van der Waals surface area contributed by atoms with Crippen LogP contribution in [0.15, 0.2) is 35.3 Å². The highest BCUT2D eigenvalue weighted by Crippen LogP contribution is 2.20. The van der Waals surface area contributed by atoms with E-state index in [4.69, 9.17) is 5.11 Å². The Kier molecular flexibility index (Phi) is 2.53. The van der Waals surface area contributed by atoms with E-state index < -0.39 is 11.3 Å². The molecule has 2 heterocycles. The van der Waals surface area contributed by atoms with Gasteiger partial charge >= 0.3 is 0 Å². The maximum Gasteiger partial charge on any atom is 0.293 e. The lowest BCUT2D eigenvalue weighted by atomic mass is 10.1. The third kappa shape index (κ3) is 2.06. The van der Waals surface area contributed by atoms with Gasteiger partial charge in [0.15, 0.2) is 5.75 Å². The highest BCUT2D eigenvalue weighted by molar-refractivity contribution is 5.65. The number of H-pyrrole nitrogens is 2. The summed E-state index contributed by atoms with van der Waals surface area (Å²) in [6, 6.07) is 7.14. The van der Waals surface area contributed by atoms with E-state index >= 15 is 0 Å². The Hall–Kier alpha value is -3.03. The summed E-state index contributed by atoms with van der Waals surface area (Å²) in [4.78, 5) is 17.8. The first-order valence-electron chi connectivity index (χ1n) is 5.36. The van der Waals surface area contributed by atoms with Crippen LogP contribution in [0.4, 0.5) is 0 Å². The second-order valence-electron chi connectivity index (χ2n) is 3.76. The lowest BCUT2D eigenvalue weighted by molar-refractivity contribution is 0.463. The Labute approximate surface area is 106 Å². The molecule has 0 aliphatic rings. The summed E-state index contributed by atoms with van der Waals surface area (Å²) in [7, 11) is 0. The van der Waals surface area contributed by atoms with E-state index in [1.807, 2.05) is 6.07 Å². The highest BCUT2D eigenvalue weighted by Gasteiger charge is 2.07. The lowest BCUT2D eigenvalue weighted by Crippen LogP contribution is -2.07. The normalized spacial score (nSPS) is 10.5. The molecule has 19 heavy (non-hydrogen) atoms. The van der Waals surface area contributed by atoms with Gasteiger partial charge in [-0.15, -0.1) is 10.2 Å². The molecule has 0 atom stereocenters. The first-order valence-corrected chi connectivity index (χ1v) is 5.36. The standard InChI is InChI=1S/C11H8N6O2/c18-8-5-12-9(13-11(8)19)6-2-1-3-7(4-6)10-14-16-17-15-10/h1-5,18H,(H,12,13,19)(H,14,15,16,17). The Balaban J connectivity index is 2.08. The molecule has 0 saturated carbocycles. The summed E-state index contributed by atoms with van der Waals surface area (Å²) in [5.74, 6) is 0.384. The van der Waals surface area contributed by atoms with Crippen LogP contribution in [0.25, 0.3) is 22.8 Å². The molecule has 0 amide bonds. The van der Waals surface area contributed by atoms with E-state index in [9.17, 15) is 4.79 Å². The number of nitrogens with zero attached hydrogens (tertiary/aromatic N) is 4. The van der Waals surface area contributed by atoms with Gasteiger partial charge in [-0.1, -0.05) is 18.2 Å². The molecule has 0 fully saturated rings. The Morgan fingerprint density at radius 1 is 1.21 bits per heavy atom. The van der Waals surface area contributed by atoms with Gasteiger partial charge in [-0.2, -0.15) is 5.21 Å². The number of nitrogens with one attached hydrogen (secondary N) is 2. The van der Waals surface area contributed by atoms with Gasteiger partial charge in [0, 0.05) is 11.1 Å². The van der Waals surface area contributed by atoms with Crippen molar-refractivity contribution in [1.82, 2.24) is 30.6 Å². The summed E-state index contributed by atoms with van der Waals surface area (Å²) in [5, 5.41) is 22.8. The molecule has 8 heteroatoms. The first kappa shape index (κ1) is 11.1. The number of benzene rings is 1. The molecule has 3 N–H and O–H groups in total. The van der Waals surface area contributed by atoms with Crippen LogP contribution in [-0.4, -0.2) is 35.7 Å². The molecular formula is C11H8N6O2. The van der Waals surface area contributed by atoms with Crippen molar-refractivity contribution in [2.24, 2.45) is 0 Å². The number of hydrogen-bond donors (Lipinski definition) is 3. The molecule has 3 rings (SSSR count). The van der Waals surface area contributed by atoms with Crippen LogP contribution < -0.4 is 5.56 Å². The van der Waals surface area contributed by atoms with Crippen molar-refractivity contribution < 1.29 is 5.11 Å². The van der Waals surface area contributed by atoms with Crippen LogP contribution in [0.2, 0.25) is 0 Å². The van der Waals surface area contributed by atoms with Crippen molar-refractivity contribution in [3.8, 4) is 28.5 Å². The molecule has 0 aliphatic heterocycles. The summed E-state index contributed by atoms with van der Waals surface area (Å²) in [6.45, 7) is 0. The summed E-state index contributed by atoms with van der Waals surface area (Å²) < 4.78 is 0. The van der Waals surface area contributed by atoms with Crippen molar-refractivity contribution in [2.75, 3.05) is 0 Å². The fourth-order valence-electron chi connectivity index (χ4n) is 1.62. The fourth-order valence-corrected chi connectivity index (χ4v) is 1.62. The van der Waals surface area contributed by atoms with Crippen LogP contribution in [0.1, 0.15) is 0 Å². The van der Waals surface area contributed by atoms with Gasteiger partial charge in [-0.25, -0.2) is 4.98 Å². The van der Waals surface area contributed by atoms with Crippen LogP contribution in [0.3, 0.4) is 0 Å². The van der Waals surface area contributed by atoms with E-state index in [-0.39, 0.29) is 0 Å². The Morgan fingerprint density at radius 2 is 2.05 bits per heavy atom. The molecule has 0 spiro atoms. The third-order valence-electron chi connectivity index (χ3n) is 2.52. The van der Waals surface area contributed by atoms with Crippen molar-refractivity contribution in [3.63, 3.8) is 0 Å². The Morgan fingerprint density at radius 3 is 2.79 bits per heavy atom. The largest absolute Gasteiger partial charge is 0.502 e. The SMILES string of the molecule is O=c1[nH]c(-c2cccc(-c3nn[nH]n3)c2)ncc1O. The van der Waals surface area contributed by atoms with Gasteiger partial charge in [0.2, 0.25) is 5.82 Å². The zero-order valence-electron chi connectivity index (χ0n) is 9.53. The maximum atomic E-state index is 11.3. The first-order chi connectivity index (χ1) is 9.24. The van der Waals surface area contributed by atoms with Gasteiger partial charge in [-0.3, -0.25) is 4.79 Å². The van der Waals surface area contributed by atoms with Crippen LogP contribution in [-0.2, 0) is 0 Å². The van der Waals surface area contributed by atoms with Crippen LogP contribution in [0, 0.1) is 0 Å². The fraction of sp³-hybridized carbons (Fsp3) is 0. The van der Waals surface area contributed by atoms with E-state index in [1.54, 1.807) is 18.2 Å². The van der Waals surface area contributed by atoms with Crippen LogP contribution in [0.5, 0.6) is 5.75 Å². The molecule has 0 aliphatic carbocycles. The average molecular weight is 256 g/mol. The minimum absolute atomic E-state index is 0.355. The van der Waals surface area contributed by atoms with E-state index in [0.29, 0.717) is 17.2 Å². The minimum atomic E-state index is -0.588. The van der Waals surface area contributed by atoms with E-state index in [0.717, 1.165) is 11.8 Å². The molecule has 94 valence electrons. The lowest BCUT2D eigenvalue weighted by Gasteiger charge is -2.02. The summed E-state index contributed by atoms with van der Waals surface area (Å²) >= 11 is 0. The second kappa shape index (κ2) is 4.33. The molecule has 0 bridgehead atoms. The molecule has 0 unspecified atom stereocenters.